The minimum atomic E-state index is -0.0216. The number of carbonyl (C=O) groups is 1. The summed E-state index contributed by atoms with van der Waals surface area (Å²) in [5, 5.41) is 6.53. The van der Waals surface area contributed by atoms with Crippen molar-refractivity contribution in [3.8, 4) is 5.75 Å². The Labute approximate surface area is 149 Å². The van der Waals surface area contributed by atoms with Crippen molar-refractivity contribution in [3.63, 3.8) is 0 Å². The van der Waals surface area contributed by atoms with E-state index < -0.39 is 0 Å². The maximum absolute atomic E-state index is 12.4. The van der Waals surface area contributed by atoms with Crippen LogP contribution in [0.3, 0.4) is 0 Å². The zero-order valence-electron chi connectivity index (χ0n) is 14.1. The van der Waals surface area contributed by atoms with Gasteiger partial charge in [-0.15, -0.1) is 12.4 Å². The van der Waals surface area contributed by atoms with Crippen molar-refractivity contribution >= 4 is 18.3 Å². The third kappa shape index (κ3) is 5.36. The molecule has 1 amide bonds. The molecule has 2 heterocycles. The fraction of sp³-hybridized carbons (Fsp3) is 0.611. The van der Waals surface area contributed by atoms with Crippen molar-refractivity contribution in [1.82, 2.24) is 10.6 Å². The van der Waals surface area contributed by atoms with Gasteiger partial charge in [0.05, 0.1) is 6.10 Å². The lowest BCUT2D eigenvalue weighted by Gasteiger charge is -2.28. The topological polar surface area (TPSA) is 59.6 Å². The SMILES string of the molecule is CC1CC(NC(=O)c2cccc(OCC3CCCO3)c2)CCN1.Cl. The summed E-state index contributed by atoms with van der Waals surface area (Å²) in [6.45, 7) is 4.48. The second kappa shape index (κ2) is 9.25. The number of amides is 1. The maximum atomic E-state index is 12.4. The van der Waals surface area contributed by atoms with Crippen LogP contribution in [-0.2, 0) is 4.74 Å². The zero-order valence-corrected chi connectivity index (χ0v) is 14.9. The van der Waals surface area contributed by atoms with E-state index in [0.717, 1.165) is 44.6 Å². The van der Waals surface area contributed by atoms with Gasteiger partial charge in [-0.3, -0.25) is 4.79 Å². The van der Waals surface area contributed by atoms with E-state index in [2.05, 4.69) is 17.6 Å². The highest BCUT2D eigenvalue weighted by Gasteiger charge is 2.21. The van der Waals surface area contributed by atoms with E-state index in [1.54, 1.807) is 0 Å². The van der Waals surface area contributed by atoms with E-state index in [-0.39, 0.29) is 30.5 Å². The lowest BCUT2D eigenvalue weighted by Crippen LogP contribution is -2.46. The highest BCUT2D eigenvalue weighted by molar-refractivity contribution is 5.94. The van der Waals surface area contributed by atoms with Crippen LogP contribution in [0.25, 0.3) is 0 Å². The fourth-order valence-corrected chi connectivity index (χ4v) is 3.22. The van der Waals surface area contributed by atoms with E-state index >= 15 is 0 Å². The minimum Gasteiger partial charge on any atom is -0.491 e. The van der Waals surface area contributed by atoms with Crippen LogP contribution in [0, 0.1) is 0 Å². The number of ether oxygens (including phenoxy) is 2. The molecule has 3 unspecified atom stereocenters. The smallest absolute Gasteiger partial charge is 0.251 e. The molecule has 1 aromatic rings. The molecule has 6 heteroatoms. The summed E-state index contributed by atoms with van der Waals surface area (Å²) in [5.41, 5.74) is 0.654. The quantitative estimate of drug-likeness (QED) is 0.853. The third-order valence-corrected chi connectivity index (χ3v) is 4.51. The van der Waals surface area contributed by atoms with E-state index in [1.807, 2.05) is 24.3 Å². The van der Waals surface area contributed by atoms with Crippen molar-refractivity contribution in [3.05, 3.63) is 29.8 Å². The number of carbonyl (C=O) groups excluding carboxylic acids is 1. The van der Waals surface area contributed by atoms with Crippen LogP contribution in [0.5, 0.6) is 5.75 Å². The molecule has 134 valence electrons. The van der Waals surface area contributed by atoms with Crippen molar-refractivity contribution in [1.29, 1.82) is 0 Å². The van der Waals surface area contributed by atoms with E-state index in [9.17, 15) is 4.79 Å². The number of hydrogen-bond donors (Lipinski definition) is 2. The van der Waals surface area contributed by atoms with Crippen molar-refractivity contribution < 1.29 is 14.3 Å². The van der Waals surface area contributed by atoms with Crippen LogP contribution in [0.2, 0.25) is 0 Å². The van der Waals surface area contributed by atoms with E-state index in [4.69, 9.17) is 9.47 Å². The van der Waals surface area contributed by atoms with Gasteiger partial charge in [-0.25, -0.2) is 0 Å². The molecule has 0 aliphatic carbocycles. The second-order valence-electron chi connectivity index (χ2n) is 6.52. The van der Waals surface area contributed by atoms with Gasteiger partial charge in [0, 0.05) is 24.3 Å². The molecule has 5 nitrogen and oxygen atoms in total. The molecule has 0 aromatic heterocycles. The van der Waals surface area contributed by atoms with Crippen LogP contribution in [0.15, 0.2) is 24.3 Å². The first-order valence-electron chi connectivity index (χ1n) is 8.59. The molecule has 0 saturated carbocycles. The van der Waals surface area contributed by atoms with Crippen LogP contribution in [-0.4, -0.2) is 43.9 Å². The first-order valence-corrected chi connectivity index (χ1v) is 8.59. The lowest BCUT2D eigenvalue weighted by atomic mass is 10.0. The molecule has 3 atom stereocenters. The average molecular weight is 355 g/mol. The van der Waals surface area contributed by atoms with Gasteiger partial charge in [0.2, 0.25) is 0 Å². The Morgan fingerprint density at radius 2 is 2.29 bits per heavy atom. The number of rotatable bonds is 5. The van der Waals surface area contributed by atoms with E-state index in [0.29, 0.717) is 18.2 Å². The highest BCUT2D eigenvalue weighted by Crippen LogP contribution is 2.18. The summed E-state index contributed by atoms with van der Waals surface area (Å²) in [6, 6.07) is 8.10. The van der Waals surface area contributed by atoms with Crippen molar-refractivity contribution in [2.24, 2.45) is 0 Å². The largest absolute Gasteiger partial charge is 0.491 e. The molecule has 2 fully saturated rings. The molecule has 0 radical (unpaired) electrons. The Morgan fingerprint density at radius 1 is 1.42 bits per heavy atom. The average Bonchev–Trinajstić information content (AvgIpc) is 3.07. The Bertz CT molecular complexity index is 535. The Balaban J connectivity index is 0.00000208. The molecule has 2 saturated heterocycles. The summed E-state index contributed by atoms with van der Waals surface area (Å²) < 4.78 is 11.3. The monoisotopic (exact) mass is 354 g/mol. The third-order valence-electron chi connectivity index (χ3n) is 4.51. The zero-order chi connectivity index (χ0) is 16.1. The Kier molecular flexibility index (Phi) is 7.34. The first-order chi connectivity index (χ1) is 11.2. The maximum Gasteiger partial charge on any atom is 0.251 e. The summed E-state index contributed by atoms with van der Waals surface area (Å²) in [7, 11) is 0. The van der Waals surface area contributed by atoms with Gasteiger partial charge in [0.15, 0.2) is 0 Å². The molecule has 2 aliphatic heterocycles. The number of piperidine rings is 1. The summed E-state index contributed by atoms with van der Waals surface area (Å²) in [4.78, 5) is 12.4. The van der Waals surface area contributed by atoms with Crippen LogP contribution < -0.4 is 15.4 Å². The predicted octanol–water partition coefficient (Wildman–Crippen LogP) is 2.54. The number of hydrogen-bond acceptors (Lipinski definition) is 4. The second-order valence-corrected chi connectivity index (χ2v) is 6.52. The molecule has 2 N–H and O–H groups in total. The van der Waals surface area contributed by atoms with Crippen molar-refractivity contribution in [2.75, 3.05) is 19.8 Å². The van der Waals surface area contributed by atoms with Gasteiger partial charge >= 0.3 is 0 Å². The van der Waals surface area contributed by atoms with Crippen LogP contribution in [0.4, 0.5) is 0 Å². The summed E-state index contributed by atoms with van der Waals surface area (Å²) in [6.07, 6.45) is 4.29. The van der Waals surface area contributed by atoms with Gasteiger partial charge in [-0.05, 0) is 57.4 Å². The fourth-order valence-electron chi connectivity index (χ4n) is 3.22. The first kappa shape index (κ1) is 19.0. The van der Waals surface area contributed by atoms with Crippen LogP contribution >= 0.6 is 12.4 Å². The summed E-state index contributed by atoms with van der Waals surface area (Å²) in [5.74, 6) is 0.707. The molecule has 0 spiro atoms. The molecular weight excluding hydrogens is 328 g/mol. The van der Waals surface area contributed by atoms with Crippen LogP contribution in [0.1, 0.15) is 43.0 Å². The van der Waals surface area contributed by atoms with Gasteiger partial charge in [-0.2, -0.15) is 0 Å². The van der Waals surface area contributed by atoms with Crippen molar-refractivity contribution in [2.45, 2.75) is 50.8 Å². The standard InChI is InChI=1S/C18H26N2O3.ClH/c1-13-10-15(7-8-19-13)20-18(21)14-4-2-5-16(11-14)23-12-17-6-3-9-22-17;/h2,4-5,11,13,15,17,19H,3,6-10,12H2,1H3,(H,20,21);1H. The molecule has 3 rings (SSSR count). The number of halogens is 1. The number of nitrogens with one attached hydrogen (secondary N) is 2. The molecule has 24 heavy (non-hydrogen) atoms. The number of benzene rings is 1. The Morgan fingerprint density at radius 3 is 3.04 bits per heavy atom. The molecule has 0 bridgehead atoms. The normalized spacial score (nSPS) is 26.5. The van der Waals surface area contributed by atoms with Gasteiger partial charge in [-0.1, -0.05) is 6.07 Å². The molecule has 2 aliphatic rings. The van der Waals surface area contributed by atoms with Gasteiger partial charge < -0.3 is 20.1 Å². The van der Waals surface area contributed by atoms with Gasteiger partial charge in [0.25, 0.3) is 5.91 Å². The highest BCUT2D eigenvalue weighted by atomic mass is 35.5. The predicted molar refractivity (Wildman–Crippen MR) is 96.1 cm³/mol. The molecule has 1 aromatic carbocycles. The minimum absolute atomic E-state index is 0. The Hall–Kier alpha value is -1.30. The molecular formula is C18H27ClN2O3. The van der Waals surface area contributed by atoms with E-state index in [1.165, 1.54) is 0 Å². The lowest BCUT2D eigenvalue weighted by molar-refractivity contribution is 0.0679. The summed E-state index contributed by atoms with van der Waals surface area (Å²) >= 11 is 0. The van der Waals surface area contributed by atoms with Gasteiger partial charge in [0.1, 0.15) is 12.4 Å².